The lowest BCUT2D eigenvalue weighted by atomic mass is 9.77. The van der Waals surface area contributed by atoms with Gasteiger partial charge in [0, 0.05) is 18.1 Å². The molecule has 0 bridgehead atoms. The van der Waals surface area contributed by atoms with Crippen LogP contribution in [-0.2, 0) is 9.31 Å². The van der Waals surface area contributed by atoms with Crippen LogP contribution in [0.2, 0.25) is 0 Å². The quantitative estimate of drug-likeness (QED) is 0.627. The molecule has 4 nitrogen and oxygen atoms in total. The highest BCUT2D eigenvalue weighted by Crippen LogP contribution is 2.36. The summed E-state index contributed by atoms with van der Waals surface area (Å²) in [5, 5.41) is 0. The third kappa shape index (κ3) is 4.21. The van der Waals surface area contributed by atoms with Crippen molar-refractivity contribution in [3.05, 3.63) is 23.5 Å². The average molecular weight is 319 g/mol. The van der Waals surface area contributed by atoms with Gasteiger partial charge < -0.3 is 9.31 Å². The van der Waals surface area contributed by atoms with E-state index < -0.39 is 7.12 Å². The Morgan fingerprint density at radius 1 is 1.17 bits per heavy atom. The van der Waals surface area contributed by atoms with Crippen molar-refractivity contribution in [2.75, 3.05) is 0 Å². The Balaban J connectivity index is 0.00000127. The molecule has 1 aliphatic heterocycles. The van der Waals surface area contributed by atoms with E-state index in [4.69, 9.17) is 9.31 Å². The molecule has 1 aliphatic rings. The maximum atomic E-state index is 11.9. The molecule has 5 heteroatoms. The van der Waals surface area contributed by atoms with Gasteiger partial charge in [0.1, 0.15) is 5.69 Å². The van der Waals surface area contributed by atoms with Crippen molar-refractivity contribution in [2.24, 2.45) is 0 Å². The monoisotopic (exact) mass is 319 g/mol. The summed E-state index contributed by atoms with van der Waals surface area (Å²) in [6.07, 6.45) is 3.07. The van der Waals surface area contributed by atoms with Crippen LogP contribution in [0.1, 0.15) is 77.4 Å². The molecule has 1 fully saturated rings. The molecular weight excluding hydrogens is 289 g/mol. The zero-order valence-corrected chi connectivity index (χ0v) is 15.8. The first-order chi connectivity index (χ1) is 10.7. The number of rotatable bonds is 4. The van der Waals surface area contributed by atoms with E-state index >= 15 is 0 Å². The fourth-order valence-electron chi connectivity index (χ4n) is 2.29. The Kier molecular flexibility index (Phi) is 6.54. The van der Waals surface area contributed by atoms with Crippen LogP contribution in [0.15, 0.2) is 12.3 Å². The zero-order chi connectivity index (χ0) is 17.8. The van der Waals surface area contributed by atoms with E-state index in [0.29, 0.717) is 12.1 Å². The van der Waals surface area contributed by atoms with Crippen LogP contribution >= 0.6 is 0 Å². The van der Waals surface area contributed by atoms with Crippen molar-refractivity contribution in [1.29, 1.82) is 0 Å². The number of hydrogen-bond acceptors (Lipinski definition) is 4. The first-order valence-electron chi connectivity index (χ1n) is 8.53. The first-order valence-corrected chi connectivity index (χ1v) is 8.53. The Hall–Kier alpha value is -1.20. The van der Waals surface area contributed by atoms with E-state index in [0.717, 1.165) is 17.4 Å². The van der Waals surface area contributed by atoms with Gasteiger partial charge >= 0.3 is 7.12 Å². The summed E-state index contributed by atoms with van der Waals surface area (Å²) in [7, 11) is -0.433. The standard InChI is InChI=1S/C16H24BNO3.C2H6/c1-7-8-14(19)13-9-11(2)12(10-18-13)17-20-15(3,4)16(5,6)21-17;1-2/h9-10H,7-8H2,1-6H3;1-2H3. The number of carbonyl (C=O) groups excluding carboxylic acids is 1. The lowest BCUT2D eigenvalue weighted by Crippen LogP contribution is -2.41. The van der Waals surface area contributed by atoms with Crippen LogP contribution in [-0.4, -0.2) is 29.1 Å². The van der Waals surface area contributed by atoms with E-state index in [-0.39, 0.29) is 17.0 Å². The second kappa shape index (κ2) is 7.58. The molecule has 2 rings (SSSR count). The van der Waals surface area contributed by atoms with Crippen LogP contribution in [0.5, 0.6) is 0 Å². The summed E-state index contributed by atoms with van der Waals surface area (Å²) < 4.78 is 12.1. The predicted octanol–water partition coefficient (Wildman–Crippen LogP) is 3.70. The SMILES string of the molecule is CC.CCCC(=O)c1cc(C)c(B2OC(C)(C)C(C)(C)O2)cn1. The van der Waals surface area contributed by atoms with Crippen LogP contribution in [0.3, 0.4) is 0 Å². The van der Waals surface area contributed by atoms with Crippen molar-refractivity contribution >= 4 is 18.4 Å². The summed E-state index contributed by atoms with van der Waals surface area (Å²) >= 11 is 0. The van der Waals surface area contributed by atoms with Gasteiger partial charge in [0.15, 0.2) is 5.78 Å². The maximum absolute atomic E-state index is 11.9. The molecule has 0 unspecified atom stereocenters. The number of ketones is 1. The number of nitrogens with zero attached hydrogens (tertiary/aromatic N) is 1. The molecule has 23 heavy (non-hydrogen) atoms. The van der Waals surface area contributed by atoms with Crippen molar-refractivity contribution < 1.29 is 14.1 Å². The molecule has 0 atom stereocenters. The molecular formula is C18H30BNO3. The molecule has 0 saturated carbocycles. The second-order valence-corrected chi connectivity index (χ2v) is 6.69. The molecule has 1 aromatic rings. The minimum Gasteiger partial charge on any atom is -0.399 e. The number of aromatic nitrogens is 1. The third-order valence-electron chi connectivity index (χ3n) is 4.42. The Bertz CT molecular complexity index is 539. The molecule has 0 amide bonds. The van der Waals surface area contributed by atoms with E-state index in [9.17, 15) is 4.79 Å². The van der Waals surface area contributed by atoms with Gasteiger partial charge in [-0.1, -0.05) is 20.8 Å². The smallest absolute Gasteiger partial charge is 0.399 e. The van der Waals surface area contributed by atoms with Gasteiger partial charge in [-0.25, -0.2) is 0 Å². The topological polar surface area (TPSA) is 48.4 Å². The summed E-state index contributed by atoms with van der Waals surface area (Å²) in [6.45, 7) is 16.0. The van der Waals surface area contributed by atoms with Gasteiger partial charge in [-0.15, -0.1) is 0 Å². The fourth-order valence-corrected chi connectivity index (χ4v) is 2.29. The van der Waals surface area contributed by atoms with Gasteiger partial charge in [-0.05, 0) is 52.7 Å². The lowest BCUT2D eigenvalue weighted by molar-refractivity contribution is 0.00578. The number of Topliss-reactive ketones (excluding diaryl/α,β-unsaturated/α-hetero) is 1. The minimum atomic E-state index is -0.433. The third-order valence-corrected chi connectivity index (χ3v) is 4.42. The summed E-state index contributed by atoms with van der Waals surface area (Å²) in [5.41, 5.74) is 1.64. The van der Waals surface area contributed by atoms with Gasteiger partial charge in [0.05, 0.1) is 11.2 Å². The molecule has 0 spiro atoms. The van der Waals surface area contributed by atoms with Crippen LogP contribution in [0, 0.1) is 6.92 Å². The molecule has 1 aromatic heterocycles. The van der Waals surface area contributed by atoms with Crippen LogP contribution in [0.25, 0.3) is 0 Å². The molecule has 1 saturated heterocycles. The molecule has 0 aliphatic carbocycles. The average Bonchev–Trinajstić information content (AvgIpc) is 2.69. The summed E-state index contributed by atoms with van der Waals surface area (Å²) in [4.78, 5) is 16.2. The highest BCUT2D eigenvalue weighted by atomic mass is 16.7. The van der Waals surface area contributed by atoms with Crippen molar-refractivity contribution in [2.45, 2.75) is 79.4 Å². The normalized spacial score (nSPS) is 18.3. The Morgan fingerprint density at radius 2 is 1.70 bits per heavy atom. The van der Waals surface area contributed by atoms with E-state index in [1.165, 1.54) is 0 Å². The van der Waals surface area contributed by atoms with Crippen molar-refractivity contribution in [3.8, 4) is 0 Å². The Morgan fingerprint density at radius 3 is 2.13 bits per heavy atom. The molecule has 0 N–H and O–H groups in total. The number of carbonyl (C=O) groups is 1. The Labute approximate surface area is 141 Å². The lowest BCUT2D eigenvalue weighted by Gasteiger charge is -2.32. The fraction of sp³-hybridized carbons (Fsp3) is 0.667. The van der Waals surface area contributed by atoms with E-state index in [1.54, 1.807) is 6.20 Å². The molecule has 0 aromatic carbocycles. The predicted molar refractivity (Wildman–Crippen MR) is 95.3 cm³/mol. The van der Waals surface area contributed by atoms with Crippen LogP contribution < -0.4 is 5.46 Å². The number of hydrogen-bond donors (Lipinski definition) is 0. The number of aryl methyl sites for hydroxylation is 1. The molecule has 2 heterocycles. The maximum Gasteiger partial charge on any atom is 0.496 e. The van der Waals surface area contributed by atoms with Gasteiger partial charge in [-0.3, -0.25) is 9.78 Å². The van der Waals surface area contributed by atoms with Gasteiger partial charge in [-0.2, -0.15) is 0 Å². The summed E-state index contributed by atoms with van der Waals surface area (Å²) in [5.74, 6) is 0.0843. The van der Waals surface area contributed by atoms with Gasteiger partial charge in [0.25, 0.3) is 0 Å². The van der Waals surface area contributed by atoms with Crippen LogP contribution in [0.4, 0.5) is 0 Å². The largest absolute Gasteiger partial charge is 0.496 e. The van der Waals surface area contributed by atoms with Gasteiger partial charge in [0.2, 0.25) is 0 Å². The van der Waals surface area contributed by atoms with Crippen molar-refractivity contribution in [1.82, 2.24) is 4.98 Å². The van der Waals surface area contributed by atoms with Crippen molar-refractivity contribution in [3.63, 3.8) is 0 Å². The van der Waals surface area contributed by atoms with E-state index in [2.05, 4.69) is 4.98 Å². The second-order valence-electron chi connectivity index (χ2n) is 6.69. The molecule has 128 valence electrons. The highest BCUT2D eigenvalue weighted by Gasteiger charge is 2.52. The molecule has 0 radical (unpaired) electrons. The minimum absolute atomic E-state index is 0.0843. The number of pyridine rings is 1. The first kappa shape index (κ1) is 19.9. The summed E-state index contributed by atoms with van der Waals surface area (Å²) in [6, 6.07) is 1.83. The zero-order valence-electron chi connectivity index (χ0n) is 15.8. The highest BCUT2D eigenvalue weighted by molar-refractivity contribution is 6.62. The van der Waals surface area contributed by atoms with E-state index in [1.807, 2.05) is 61.5 Å².